The van der Waals surface area contributed by atoms with Crippen molar-refractivity contribution in [1.29, 1.82) is 0 Å². The Morgan fingerprint density at radius 1 is 1.12 bits per heavy atom. The Labute approximate surface area is 155 Å². The maximum absolute atomic E-state index is 12.7. The third kappa shape index (κ3) is 4.13. The molecule has 26 heavy (non-hydrogen) atoms. The van der Waals surface area contributed by atoms with Crippen LogP contribution in [0, 0.1) is 0 Å². The summed E-state index contributed by atoms with van der Waals surface area (Å²) >= 11 is 5.99. The molecule has 1 amide bonds. The topological polar surface area (TPSA) is 60.3 Å². The van der Waals surface area contributed by atoms with Crippen LogP contribution in [0.15, 0.2) is 71.7 Å². The predicted octanol–water partition coefficient (Wildman–Crippen LogP) is 3.81. The van der Waals surface area contributed by atoms with Crippen LogP contribution in [-0.2, 0) is 6.54 Å². The summed E-state index contributed by atoms with van der Waals surface area (Å²) in [6.07, 6.45) is 1.64. The lowest BCUT2D eigenvalue weighted by Crippen LogP contribution is -2.29. The molecule has 0 unspecified atom stereocenters. The number of hydrogen-bond acceptors (Lipinski definition) is 3. The van der Waals surface area contributed by atoms with Gasteiger partial charge in [-0.3, -0.25) is 9.59 Å². The van der Waals surface area contributed by atoms with Gasteiger partial charge >= 0.3 is 0 Å². The van der Waals surface area contributed by atoms with Gasteiger partial charge in [-0.2, -0.15) is 0 Å². The Bertz CT molecular complexity index is 998. The van der Waals surface area contributed by atoms with Crippen LogP contribution in [0.3, 0.4) is 0 Å². The first-order valence-corrected chi connectivity index (χ1v) is 8.34. The first-order valence-electron chi connectivity index (χ1n) is 7.96. The third-order valence-electron chi connectivity index (χ3n) is 3.83. The highest BCUT2D eigenvalue weighted by atomic mass is 35.5. The molecule has 1 heterocycles. The number of benzene rings is 2. The minimum atomic E-state index is -0.469. The van der Waals surface area contributed by atoms with Crippen molar-refractivity contribution >= 4 is 23.2 Å². The Morgan fingerprint density at radius 2 is 1.92 bits per heavy atom. The molecule has 0 spiro atoms. The van der Waals surface area contributed by atoms with Gasteiger partial charge in [0.2, 0.25) is 0 Å². The van der Waals surface area contributed by atoms with Crippen LogP contribution in [0.1, 0.15) is 15.9 Å². The van der Waals surface area contributed by atoms with Crippen LogP contribution in [0.2, 0.25) is 5.02 Å². The van der Waals surface area contributed by atoms with Crippen molar-refractivity contribution in [3.05, 3.63) is 93.4 Å². The van der Waals surface area contributed by atoms with Gasteiger partial charge in [-0.1, -0.05) is 29.8 Å². The largest absolute Gasteiger partial charge is 0.497 e. The van der Waals surface area contributed by atoms with Gasteiger partial charge < -0.3 is 14.6 Å². The fourth-order valence-electron chi connectivity index (χ4n) is 2.57. The Balaban J connectivity index is 1.84. The number of carbonyl (C=O) groups is 1. The number of halogens is 1. The lowest BCUT2D eigenvalue weighted by Gasteiger charge is -2.10. The molecular weight excluding hydrogens is 352 g/mol. The highest BCUT2D eigenvalue weighted by Gasteiger charge is 2.13. The molecule has 2 aromatic carbocycles. The molecular formula is C20H17ClN2O3. The van der Waals surface area contributed by atoms with Gasteiger partial charge in [0.25, 0.3) is 11.5 Å². The molecule has 0 aliphatic heterocycles. The minimum Gasteiger partial charge on any atom is -0.497 e. The summed E-state index contributed by atoms with van der Waals surface area (Å²) < 4.78 is 6.61. The number of anilines is 1. The first kappa shape index (κ1) is 17.8. The molecule has 3 aromatic rings. The minimum absolute atomic E-state index is 0.0670. The Morgan fingerprint density at radius 3 is 2.69 bits per heavy atom. The third-order valence-corrected chi connectivity index (χ3v) is 4.07. The average molecular weight is 369 g/mol. The summed E-state index contributed by atoms with van der Waals surface area (Å²) in [6.45, 7) is 0.333. The lowest BCUT2D eigenvalue weighted by molar-refractivity contribution is 0.102. The van der Waals surface area contributed by atoms with E-state index in [2.05, 4.69) is 5.32 Å². The number of ether oxygens (including phenoxy) is 1. The number of nitrogens with one attached hydrogen (secondary N) is 1. The lowest BCUT2D eigenvalue weighted by atomic mass is 10.2. The van der Waals surface area contributed by atoms with E-state index in [1.165, 1.54) is 10.6 Å². The molecule has 5 nitrogen and oxygen atoms in total. The summed E-state index contributed by atoms with van der Waals surface area (Å²) in [4.78, 5) is 25.2. The van der Waals surface area contributed by atoms with E-state index in [4.69, 9.17) is 16.3 Å². The van der Waals surface area contributed by atoms with Crippen molar-refractivity contribution in [1.82, 2.24) is 4.57 Å². The molecule has 0 radical (unpaired) electrons. The van der Waals surface area contributed by atoms with Gasteiger partial charge in [-0.05, 0) is 42.0 Å². The van der Waals surface area contributed by atoms with Crippen molar-refractivity contribution in [2.45, 2.75) is 6.54 Å². The summed E-state index contributed by atoms with van der Waals surface area (Å²) in [5.41, 5.74) is 1.13. The number of carbonyl (C=O) groups excluding carboxylic acids is 1. The number of pyridine rings is 1. The molecule has 0 aliphatic rings. The molecule has 0 fully saturated rings. The normalized spacial score (nSPS) is 10.4. The summed E-state index contributed by atoms with van der Waals surface area (Å²) in [6, 6.07) is 17.4. The van der Waals surface area contributed by atoms with E-state index in [0.717, 1.165) is 5.56 Å². The summed E-state index contributed by atoms with van der Waals surface area (Å²) in [5, 5.41) is 3.32. The van der Waals surface area contributed by atoms with E-state index >= 15 is 0 Å². The van der Waals surface area contributed by atoms with Crippen molar-refractivity contribution in [3.8, 4) is 5.75 Å². The molecule has 0 saturated heterocycles. The monoisotopic (exact) mass is 368 g/mol. The molecule has 132 valence electrons. The van der Waals surface area contributed by atoms with Gasteiger partial charge in [0.1, 0.15) is 11.3 Å². The molecule has 3 rings (SSSR count). The molecule has 1 N–H and O–H groups in total. The highest BCUT2D eigenvalue weighted by Crippen LogP contribution is 2.17. The van der Waals surface area contributed by atoms with E-state index in [1.807, 2.05) is 12.1 Å². The first-order chi connectivity index (χ1) is 12.6. The number of rotatable bonds is 5. The van der Waals surface area contributed by atoms with Crippen LogP contribution >= 0.6 is 11.6 Å². The van der Waals surface area contributed by atoms with Gasteiger partial charge in [-0.15, -0.1) is 0 Å². The summed E-state index contributed by atoms with van der Waals surface area (Å²) in [7, 11) is 1.55. The Kier molecular flexibility index (Phi) is 5.39. The standard InChI is InChI=1S/C20H17ClN2O3/c1-26-17-8-3-7-16(12-17)22-19(24)18-9-4-10-23(20(18)25)13-14-5-2-6-15(21)11-14/h2-12H,13H2,1H3,(H,22,24). The van der Waals surface area contributed by atoms with Crippen LogP contribution in [0.5, 0.6) is 5.75 Å². The number of amides is 1. The van der Waals surface area contributed by atoms with E-state index in [9.17, 15) is 9.59 Å². The fraction of sp³-hybridized carbons (Fsp3) is 0.100. The zero-order valence-electron chi connectivity index (χ0n) is 14.1. The quantitative estimate of drug-likeness (QED) is 0.745. The zero-order valence-corrected chi connectivity index (χ0v) is 14.9. The van der Waals surface area contributed by atoms with Crippen LogP contribution in [0.4, 0.5) is 5.69 Å². The van der Waals surface area contributed by atoms with E-state index in [-0.39, 0.29) is 11.1 Å². The number of nitrogens with zero attached hydrogens (tertiary/aromatic N) is 1. The van der Waals surface area contributed by atoms with Crippen LogP contribution in [0.25, 0.3) is 0 Å². The maximum atomic E-state index is 12.7. The predicted molar refractivity (Wildman–Crippen MR) is 102 cm³/mol. The molecule has 0 bridgehead atoms. The highest BCUT2D eigenvalue weighted by molar-refractivity contribution is 6.30. The molecule has 0 saturated carbocycles. The van der Waals surface area contributed by atoms with E-state index in [0.29, 0.717) is 23.0 Å². The fourth-order valence-corrected chi connectivity index (χ4v) is 2.78. The van der Waals surface area contributed by atoms with Gasteiger partial charge in [0.15, 0.2) is 0 Å². The summed E-state index contributed by atoms with van der Waals surface area (Å²) in [5.74, 6) is 0.151. The smallest absolute Gasteiger partial charge is 0.263 e. The van der Waals surface area contributed by atoms with Crippen LogP contribution in [-0.4, -0.2) is 17.6 Å². The molecule has 0 atom stereocenters. The zero-order chi connectivity index (χ0) is 18.5. The SMILES string of the molecule is COc1cccc(NC(=O)c2cccn(Cc3cccc(Cl)c3)c2=O)c1. The van der Waals surface area contributed by atoms with E-state index in [1.54, 1.807) is 55.8 Å². The maximum Gasteiger partial charge on any atom is 0.263 e. The van der Waals surface area contributed by atoms with Crippen LogP contribution < -0.4 is 15.6 Å². The molecule has 0 aliphatic carbocycles. The average Bonchev–Trinajstić information content (AvgIpc) is 2.63. The molecule has 1 aromatic heterocycles. The van der Waals surface area contributed by atoms with Crippen molar-refractivity contribution in [3.63, 3.8) is 0 Å². The van der Waals surface area contributed by atoms with Crippen molar-refractivity contribution < 1.29 is 9.53 Å². The number of methoxy groups -OCH3 is 1. The van der Waals surface area contributed by atoms with Crippen molar-refractivity contribution in [2.75, 3.05) is 12.4 Å². The second kappa shape index (κ2) is 7.89. The van der Waals surface area contributed by atoms with E-state index < -0.39 is 5.91 Å². The van der Waals surface area contributed by atoms with Gasteiger partial charge in [0.05, 0.1) is 13.7 Å². The number of hydrogen-bond donors (Lipinski definition) is 1. The van der Waals surface area contributed by atoms with Gasteiger partial charge in [-0.25, -0.2) is 0 Å². The Hall–Kier alpha value is -3.05. The second-order valence-electron chi connectivity index (χ2n) is 5.67. The number of aromatic nitrogens is 1. The second-order valence-corrected chi connectivity index (χ2v) is 6.11. The van der Waals surface area contributed by atoms with Crippen molar-refractivity contribution in [2.24, 2.45) is 0 Å². The van der Waals surface area contributed by atoms with Gasteiger partial charge in [0, 0.05) is 23.0 Å². The molecule has 6 heteroatoms.